The summed E-state index contributed by atoms with van der Waals surface area (Å²) < 4.78 is 21.3. The lowest BCUT2D eigenvalue weighted by Crippen LogP contribution is -2.16. The monoisotopic (exact) mass is 316 g/mol. The highest BCUT2D eigenvalue weighted by Crippen LogP contribution is 2.03. The van der Waals surface area contributed by atoms with Gasteiger partial charge in [0.25, 0.3) is 0 Å². The SMILES string of the molecule is CCC=C(OCCOCCCC)C(=O)OCCOCCCC. The van der Waals surface area contributed by atoms with Gasteiger partial charge in [-0.1, -0.05) is 33.6 Å². The molecule has 0 spiro atoms. The number of unbranched alkanes of at least 4 members (excludes halogenated alkanes) is 2. The van der Waals surface area contributed by atoms with E-state index in [9.17, 15) is 4.79 Å². The Bertz CT molecular complexity index is 289. The van der Waals surface area contributed by atoms with Gasteiger partial charge in [-0.2, -0.15) is 0 Å². The van der Waals surface area contributed by atoms with Gasteiger partial charge in [0.15, 0.2) is 0 Å². The zero-order valence-corrected chi connectivity index (χ0v) is 14.4. The average molecular weight is 316 g/mol. The van der Waals surface area contributed by atoms with E-state index in [-0.39, 0.29) is 12.4 Å². The molecule has 0 saturated heterocycles. The van der Waals surface area contributed by atoms with E-state index in [1.807, 2.05) is 6.92 Å². The lowest BCUT2D eigenvalue weighted by atomic mass is 10.3. The molecule has 0 unspecified atom stereocenters. The summed E-state index contributed by atoms with van der Waals surface area (Å²) in [5.41, 5.74) is 0. The van der Waals surface area contributed by atoms with Crippen LogP contribution in [0.25, 0.3) is 0 Å². The van der Waals surface area contributed by atoms with Gasteiger partial charge in [-0.25, -0.2) is 4.79 Å². The van der Waals surface area contributed by atoms with Crippen molar-refractivity contribution in [1.82, 2.24) is 0 Å². The third-order valence-electron chi connectivity index (χ3n) is 2.82. The van der Waals surface area contributed by atoms with Gasteiger partial charge in [-0.3, -0.25) is 0 Å². The minimum Gasteiger partial charge on any atom is -0.484 e. The zero-order chi connectivity index (χ0) is 16.5. The molecule has 5 heteroatoms. The number of esters is 1. The topological polar surface area (TPSA) is 54.0 Å². The molecule has 0 fully saturated rings. The van der Waals surface area contributed by atoms with E-state index in [2.05, 4.69) is 13.8 Å². The molecule has 0 heterocycles. The second-order valence-electron chi connectivity index (χ2n) is 4.89. The molecule has 0 aromatic rings. The molecule has 0 aliphatic heterocycles. The van der Waals surface area contributed by atoms with Crippen LogP contribution in [0.5, 0.6) is 0 Å². The molecule has 130 valence electrons. The lowest BCUT2D eigenvalue weighted by Gasteiger charge is -2.11. The van der Waals surface area contributed by atoms with Crippen LogP contribution < -0.4 is 0 Å². The number of allylic oxidation sites excluding steroid dienone is 1. The van der Waals surface area contributed by atoms with Crippen molar-refractivity contribution in [3.63, 3.8) is 0 Å². The van der Waals surface area contributed by atoms with Gasteiger partial charge in [0.1, 0.15) is 13.2 Å². The van der Waals surface area contributed by atoms with Crippen molar-refractivity contribution >= 4 is 5.97 Å². The Balaban J connectivity index is 3.81. The van der Waals surface area contributed by atoms with Crippen LogP contribution in [0.1, 0.15) is 52.9 Å². The van der Waals surface area contributed by atoms with Gasteiger partial charge in [0.2, 0.25) is 5.76 Å². The van der Waals surface area contributed by atoms with Crippen molar-refractivity contribution in [3.8, 4) is 0 Å². The standard InChI is InChI=1S/C17H32O5/c1-4-7-10-19-12-14-21-16(9-6-3)17(18)22-15-13-20-11-8-5-2/h9H,4-8,10-15H2,1-3H3. The number of hydrogen-bond donors (Lipinski definition) is 0. The van der Waals surface area contributed by atoms with Crippen molar-refractivity contribution in [2.75, 3.05) is 39.6 Å². The summed E-state index contributed by atoms with van der Waals surface area (Å²) in [6.45, 7) is 9.11. The first-order valence-electron chi connectivity index (χ1n) is 8.41. The van der Waals surface area contributed by atoms with E-state index in [1.165, 1.54) is 0 Å². The van der Waals surface area contributed by atoms with Gasteiger partial charge >= 0.3 is 5.97 Å². The van der Waals surface area contributed by atoms with Crippen LogP contribution in [0, 0.1) is 0 Å². The molecule has 0 N–H and O–H groups in total. The molecule has 0 bridgehead atoms. The Morgan fingerprint density at radius 1 is 0.773 bits per heavy atom. The van der Waals surface area contributed by atoms with Crippen molar-refractivity contribution in [3.05, 3.63) is 11.8 Å². The molecule has 22 heavy (non-hydrogen) atoms. The Hall–Kier alpha value is -1.07. The molecule has 0 rings (SSSR count). The maximum absolute atomic E-state index is 11.9. The summed E-state index contributed by atoms with van der Waals surface area (Å²) in [5.74, 6) is -0.176. The van der Waals surface area contributed by atoms with Crippen LogP contribution in [0.15, 0.2) is 11.8 Å². The predicted octanol–water partition coefficient (Wildman–Crippen LogP) is 3.47. The molecule has 5 nitrogen and oxygen atoms in total. The van der Waals surface area contributed by atoms with Crippen molar-refractivity contribution in [2.45, 2.75) is 52.9 Å². The predicted molar refractivity (Wildman–Crippen MR) is 86.7 cm³/mol. The van der Waals surface area contributed by atoms with Gasteiger partial charge in [-0.15, -0.1) is 0 Å². The smallest absolute Gasteiger partial charge is 0.373 e. The fraction of sp³-hybridized carbons (Fsp3) is 0.824. The van der Waals surface area contributed by atoms with E-state index in [0.717, 1.165) is 32.3 Å². The number of ether oxygens (including phenoxy) is 4. The van der Waals surface area contributed by atoms with E-state index in [4.69, 9.17) is 18.9 Å². The molecule has 0 atom stereocenters. The average Bonchev–Trinajstić information content (AvgIpc) is 2.52. The second kappa shape index (κ2) is 16.3. The minimum absolute atomic E-state index is 0.250. The zero-order valence-electron chi connectivity index (χ0n) is 14.4. The van der Waals surface area contributed by atoms with Crippen LogP contribution in [0.4, 0.5) is 0 Å². The molecule has 0 aromatic heterocycles. The number of hydrogen-bond acceptors (Lipinski definition) is 5. The van der Waals surface area contributed by atoms with Crippen LogP contribution in [0.2, 0.25) is 0 Å². The van der Waals surface area contributed by atoms with Crippen LogP contribution in [-0.2, 0) is 23.7 Å². The second-order valence-corrected chi connectivity index (χ2v) is 4.89. The summed E-state index contributed by atoms with van der Waals surface area (Å²) in [6, 6.07) is 0. The molecule has 0 aromatic carbocycles. The molecular formula is C17H32O5. The number of rotatable bonds is 15. The Labute approximate surface area is 135 Å². The van der Waals surface area contributed by atoms with E-state index in [0.29, 0.717) is 32.8 Å². The summed E-state index contributed by atoms with van der Waals surface area (Å²) in [6.07, 6.45) is 6.71. The maximum atomic E-state index is 11.9. The molecule has 0 aliphatic rings. The molecular weight excluding hydrogens is 284 g/mol. The molecule has 0 aliphatic carbocycles. The van der Waals surface area contributed by atoms with Gasteiger partial charge in [-0.05, 0) is 25.3 Å². The largest absolute Gasteiger partial charge is 0.484 e. The first kappa shape index (κ1) is 20.9. The summed E-state index contributed by atoms with van der Waals surface area (Å²) in [5, 5.41) is 0. The normalized spacial score (nSPS) is 11.5. The van der Waals surface area contributed by atoms with Crippen molar-refractivity contribution in [1.29, 1.82) is 0 Å². The van der Waals surface area contributed by atoms with Crippen molar-refractivity contribution in [2.24, 2.45) is 0 Å². The van der Waals surface area contributed by atoms with Crippen LogP contribution in [-0.4, -0.2) is 45.6 Å². The van der Waals surface area contributed by atoms with Gasteiger partial charge in [0.05, 0.1) is 13.2 Å². The van der Waals surface area contributed by atoms with Crippen LogP contribution in [0.3, 0.4) is 0 Å². The van der Waals surface area contributed by atoms with Gasteiger partial charge in [0, 0.05) is 13.2 Å². The summed E-state index contributed by atoms with van der Waals surface area (Å²) in [4.78, 5) is 11.9. The minimum atomic E-state index is -0.436. The number of carbonyl (C=O) groups is 1. The van der Waals surface area contributed by atoms with Crippen LogP contribution >= 0.6 is 0 Å². The third kappa shape index (κ3) is 12.7. The highest BCUT2D eigenvalue weighted by Gasteiger charge is 2.12. The fourth-order valence-corrected chi connectivity index (χ4v) is 1.56. The highest BCUT2D eigenvalue weighted by molar-refractivity contribution is 5.86. The van der Waals surface area contributed by atoms with E-state index >= 15 is 0 Å². The third-order valence-corrected chi connectivity index (χ3v) is 2.82. The maximum Gasteiger partial charge on any atom is 0.373 e. The molecule has 0 radical (unpaired) electrons. The fourth-order valence-electron chi connectivity index (χ4n) is 1.56. The Kier molecular flexibility index (Phi) is 15.5. The quantitative estimate of drug-likeness (QED) is 0.200. The summed E-state index contributed by atoms with van der Waals surface area (Å²) in [7, 11) is 0. The molecule has 0 saturated carbocycles. The van der Waals surface area contributed by atoms with E-state index < -0.39 is 5.97 Å². The lowest BCUT2D eigenvalue weighted by molar-refractivity contribution is -0.145. The van der Waals surface area contributed by atoms with E-state index in [1.54, 1.807) is 6.08 Å². The Morgan fingerprint density at radius 3 is 1.82 bits per heavy atom. The molecule has 0 amide bonds. The number of carbonyl (C=O) groups excluding carboxylic acids is 1. The summed E-state index contributed by atoms with van der Waals surface area (Å²) >= 11 is 0. The Morgan fingerprint density at radius 2 is 1.32 bits per heavy atom. The first-order valence-corrected chi connectivity index (χ1v) is 8.41. The van der Waals surface area contributed by atoms with Gasteiger partial charge < -0.3 is 18.9 Å². The first-order chi connectivity index (χ1) is 10.8. The van der Waals surface area contributed by atoms with Crippen molar-refractivity contribution < 1.29 is 23.7 Å². The highest BCUT2D eigenvalue weighted by atomic mass is 16.6.